The summed E-state index contributed by atoms with van der Waals surface area (Å²) in [7, 11) is 4.65. The van der Waals surface area contributed by atoms with Gasteiger partial charge < -0.3 is 23.7 Å². The van der Waals surface area contributed by atoms with E-state index in [4.69, 9.17) is 23.7 Å². The first kappa shape index (κ1) is 27.0. The number of carbonyl (C=O) groups excluding carboxylic acids is 1. The third kappa shape index (κ3) is 4.91. The molecule has 0 saturated heterocycles. The highest BCUT2D eigenvalue weighted by molar-refractivity contribution is 7.07. The van der Waals surface area contributed by atoms with E-state index >= 15 is 0 Å². The van der Waals surface area contributed by atoms with Crippen molar-refractivity contribution in [3.63, 3.8) is 0 Å². The highest BCUT2D eigenvalue weighted by atomic mass is 32.1. The maximum absolute atomic E-state index is 13.9. The van der Waals surface area contributed by atoms with Gasteiger partial charge in [0.25, 0.3) is 5.56 Å². The Morgan fingerprint density at radius 1 is 1.03 bits per heavy atom. The number of thiazole rings is 1. The lowest BCUT2D eigenvalue weighted by molar-refractivity contribution is -0.139. The first-order valence-electron chi connectivity index (χ1n) is 12.1. The largest absolute Gasteiger partial charge is 0.493 e. The van der Waals surface area contributed by atoms with E-state index in [1.54, 1.807) is 58.4 Å². The van der Waals surface area contributed by atoms with Crippen LogP contribution in [-0.4, -0.2) is 45.1 Å². The van der Waals surface area contributed by atoms with Gasteiger partial charge in [0.15, 0.2) is 27.8 Å². The Bertz CT molecular complexity index is 1570. The van der Waals surface area contributed by atoms with E-state index in [2.05, 4.69) is 4.99 Å². The molecular formula is C28H30N2O7S. The summed E-state index contributed by atoms with van der Waals surface area (Å²) >= 11 is 1.23. The van der Waals surface area contributed by atoms with Crippen molar-refractivity contribution in [1.82, 2.24) is 4.57 Å². The number of nitrogens with zero attached hydrogens (tertiary/aromatic N) is 2. The quantitative estimate of drug-likeness (QED) is 0.386. The minimum absolute atomic E-state index is 0.189. The summed E-state index contributed by atoms with van der Waals surface area (Å²) in [6.07, 6.45) is 1.76. The van der Waals surface area contributed by atoms with Crippen molar-refractivity contribution >= 4 is 23.4 Å². The van der Waals surface area contributed by atoms with Crippen molar-refractivity contribution < 1.29 is 28.5 Å². The summed E-state index contributed by atoms with van der Waals surface area (Å²) in [4.78, 5) is 32.1. The first-order valence-corrected chi connectivity index (χ1v) is 12.9. The van der Waals surface area contributed by atoms with Crippen LogP contribution in [0, 0.1) is 0 Å². The topological polar surface area (TPSA) is 97.6 Å². The SMILES string of the molecule is CCOC(=O)C1=C(C)N=c2s/c(=C\c3cccc(OC)c3OCC)c(=O)n2[C@@H]1c1ccc(OC)c(OC)c1. The third-order valence-corrected chi connectivity index (χ3v) is 7.03. The summed E-state index contributed by atoms with van der Waals surface area (Å²) in [5.74, 6) is 1.58. The molecule has 3 aromatic rings. The molecule has 0 N–H and O–H groups in total. The van der Waals surface area contributed by atoms with Crippen LogP contribution in [0.2, 0.25) is 0 Å². The Balaban J connectivity index is 1.98. The fourth-order valence-corrected chi connectivity index (χ4v) is 5.41. The number of carbonyl (C=O) groups is 1. The fourth-order valence-electron chi connectivity index (χ4n) is 4.38. The number of aromatic nitrogens is 1. The number of ether oxygens (including phenoxy) is 5. The Morgan fingerprint density at radius 2 is 1.76 bits per heavy atom. The highest BCUT2D eigenvalue weighted by Crippen LogP contribution is 2.36. The maximum atomic E-state index is 13.9. The van der Waals surface area contributed by atoms with Crippen molar-refractivity contribution in [2.24, 2.45) is 4.99 Å². The van der Waals surface area contributed by atoms with Gasteiger partial charge in [-0.2, -0.15) is 0 Å². The van der Waals surface area contributed by atoms with Crippen molar-refractivity contribution in [3.05, 3.63) is 78.5 Å². The molecule has 1 atom stereocenters. The van der Waals surface area contributed by atoms with Gasteiger partial charge in [-0.3, -0.25) is 9.36 Å². The zero-order valence-electron chi connectivity index (χ0n) is 22.2. The molecule has 1 aliphatic rings. The fraction of sp³-hybridized carbons (Fsp3) is 0.321. The number of fused-ring (bicyclic) bond motifs is 1. The molecule has 2 heterocycles. The smallest absolute Gasteiger partial charge is 0.338 e. The molecule has 0 aliphatic carbocycles. The van der Waals surface area contributed by atoms with E-state index in [0.717, 1.165) is 0 Å². The standard InChI is InChI=1S/C28H30N2O7S/c1-7-36-25-18(10-9-11-20(25)34-5)15-22-26(31)30-24(17-12-13-19(33-4)21(14-17)35-6)23(27(32)37-8-2)16(3)29-28(30)38-22/h9-15,24H,7-8H2,1-6H3/b22-15-/t24-/m1/s1. The van der Waals surface area contributed by atoms with Crippen LogP contribution in [0.5, 0.6) is 23.0 Å². The Morgan fingerprint density at radius 3 is 2.42 bits per heavy atom. The van der Waals surface area contributed by atoms with Crippen LogP contribution in [0.15, 0.2) is 57.5 Å². The lowest BCUT2D eigenvalue weighted by atomic mass is 9.95. The van der Waals surface area contributed by atoms with Crippen molar-refractivity contribution in [1.29, 1.82) is 0 Å². The molecule has 10 heteroatoms. The molecule has 38 heavy (non-hydrogen) atoms. The molecule has 200 valence electrons. The number of para-hydroxylation sites is 1. The van der Waals surface area contributed by atoms with E-state index in [1.807, 2.05) is 19.1 Å². The van der Waals surface area contributed by atoms with Gasteiger partial charge in [0.2, 0.25) is 0 Å². The van der Waals surface area contributed by atoms with Gasteiger partial charge in [-0.15, -0.1) is 0 Å². The number of methoxy groups -OCH3 is 3. The molecule has 9 nitrogen and oxygen atoms in total. The monoisotopic (exact) mass is 538 g/mol. The second-order valence-electron chi connectivity index (χ2n) is 8.23. The molecule has 1 aromatic heterocycles. The highest BCUT2D eigenvalue weighted by Gasteiger charge is 2.34. The molecule has 0 spiro atoms. The lowest BCUT2D eigenvalue weighted by Gasteiger charge is -2.25. The molecule has 2 aromatic carbocycles. The lowest BCUT2D eigenvalue weighted by Crippen LogP contribution is -2.40. The molecule has 0 radical (unpaired) electrons. The average Bonchev–Trinajstić information content (AvgIpc) is 3.22. The molecule has 1 aliphatic heterocycles. The maximum Gasteiger partial charge on any atom is 0.338 e. The Labute approximate surface area is 224 Å². The van der Waals surface area contributed by atoms with Crippen LogP contribution in [0.4, 0.5) is 0 Å². The number of benzene rings is 2. The van der Waals surface area contributed by atoms with E-state index in [1.165, 1.54) is 23.0 Å². The van der Waals surface area contributed by atoms with E-state index in [-0.39, 0.29) is 17.7 Å². The predicted octanol–water partition coefficient (Wildman–Crippen LogP) is 3.22. The minimum Gasteiger partial charge on any atom is -0.493 e. The number of hydrogen-bond donors (Lipinski definition) is 0. The van der Waals surface area contributed by atoms with Crippen LogP contribution < -0.4 is 33.8 Å². The summed E-state index contributed by atoms with van der Waals surface area (Å²) in [5.41, 5.74) is 1.82. The normalized spacial score (nSPS) is 15.0. The van der Waals surface area contributed by atoms with Crippen LogP contribution in [0.1, 0.15) is 37.9 Å². The van der Waals surface area contributed by atoms with Gasteiger partial charge in [0, 0.05) is 5.56 Å². The Hall–Kier alpha value is -4.05. The number of rotatable bonds is 9. The van der Waals surface area contributed by atoms with Gasteiger partial charge in [0.1, 0.15) is 0 Å². The van der Waals surface area contributed by atoms with E-state index in [9.17, 15) is 9.59 Å². The van der Waals surface area contributed by atoms with Gasteiger partial charge in [0.05, 0.1) is 56.4 Å². The molecule has 0 bridgehead atoms. The van der Waals surface area contributed by atoms with Crippen molar-refractivity contribution in [2.75, 3.05) is 34.5 Å². The summed E-state index contributed by atoms with van der Waals surface area (Å²) in [6, 6.07) is 10.0. The minimum atomic E-state index is -0.774. The number of esters is 1. The Kier molecular flexibility index (Phi) is 8.21. The van der Waals surface area contributed by atoms with Gasteiger partial charge in [-0.25, -0.2) is 9.79 Å². The van der Waals surface area contributed by atoms with E-state index in [0.29, 0.717) is 55.8 Å². The zero-order chi connectivity index (χ0) is 27.4. The molecule has 0 fully saturated rings. The zero-order valence-corrected chi connectivity index (χ0v) is 23.0. The third-order valence-electron chi connectivity index (χ3n) is 6.04. The van der Waals surface area contributed by atoms with Crippen LogP contribution >= 0.6 is 11.3 Å². The van der Waals surface area contributed by atoms with Crippen molar-refractivity contribution in [2.45, 2.75) is 26.8 Å². The van der Waals surface area contributed by atoms with Gasteiger partial charge in [-0.1, -0.05) is 29.5 Å². The van der Waals surface area contributed by atoms with Gasteiger partial charge >= 0.3 is 5.97 Å². The summed E-state index contributed by atoms with van der Waals surface area (Å²) in [6.45, 7) is 5.98. The second-order valence-corrected chi connectivity index (χ2v) is 9.24. The number of hydrogen-bond acceptors (Lipinski definition) is 9. The molecule has 0 saturated carbocycles. The summed E-state index contributed by atoms with van der Waals surface area (Å²) < 4.78 is 29.5. The van der Waals surface area contributed by atoms with Gasteiger partial charge in [-0.05, 0) is 50.6 Å². The molecule has 0 unspecified atom stereocenters. The average molecular weight is 539 g/mol. The van der Waals surface area contributed by atoms with E-state index < -0.39 is 12.0 Å². The molecular weight excluding hydrogens is 508 g/mol. The first-order chi connectivity index (χ1) is 18.4. The second kappa shape index (κ2) is 11.6. The number of allylic oxidation sites excluding steroid dienone is 1. The molecule has 0 amide bonds. The van der Waals surface area contributed by atoms with Crippen LogP contribution in [-0.2, 0) is 9.53 Å². The van der Waals surface area contributed by atoms with Crippen LogP contribution in [0.3, 0.4) is 0 Å². The van der Waals surface area contributed by atoms with Crippen LogP contribution in [0.25, 0.3) is 6.08 Å². The summed E-state index contributed by atoms with van der Waals surface area (Å²) in [5, 5.41) is 0. The predicted molar refractivity (Wildman–Crippen MR) is 144 cm³/mol. The molecule has 4 rings (SSSR count). The van der Waals surface area contributed by atoms with Crippen molar-refractivity contribution in [3.8, 4) is 23.0 Å².